The molecule has 7 nitrogen and oxygen atoms in total. The first-order valence-electron chi connectivity index (χ1n) is 9.04. The SMILES string of the molecule is COc1c(OC)c2c3c(nccc3c1OC)C1=CC(=O)C(OC)(OC)C3CC123. The molecule has 1 spiro atoms. The number of methoxy groups -OCH3 is 5. The van der Waals surface area contributed by atoms with Gasteiger partial charge in [-0.3, -0.25) is 9.78 Å². The van der Waals surface area contributed by atoms with Crippen LogP contribution in [0.1, 0.15) is 17.7 Å². The zero-order valence-electron chi connectivity index (χ0n) is 16.4. The Morgan fingerprint density at radius 1 is 1.00 bits per heavy atom. The molecule has 7 heteroatoms. The third kappa shape index (κ3) is 1.64. The molecule has 0 N–H and O–H groups in total. The van der Waals surface area contributed by atoms with Crippen LogP contribution in [0.25, 0.3) is 16.3 Å². The van der Waals surface area contributed by atoms with E-state index in [9.17, 15) is 4.79 Å². The molecule has 28 heavy (non-hydrogen) atoms. The topological polar surface area (TPSA) is 76.1 Å². The summed E-state index contributed by atoms with van der Waals surface area (Å²) in [4.78, 5) is 17.6. The molecular formula is C21H21NO6. The molecule has 1 saturated carbocycles. The highest BCUT2D eigenvalue weighted by molar-refractivity contribution is 6.17. The lowest BCUT2D eigenvalue weighted by atomic mass is 9.81. The summed E-state index contributed by atoms with van der Waals surface area (Å²) >= 11 is 0. The van der Waals surface area contributed by atoms with E-state index in [0.29, 0.717) is 23.7 Å². The molecular weight excluding hydrogens is 362 g/mol. The predicted molar refractivity (Wildman–Crippen MR) is 101 cm³/mol. The quantitative estimate of drug-likeness (QED) is 0.734. The number of nitrogens with zero attached hydrogens (tertiary/aromatic N) is 1. The van der Waals surface area contributed by atoms with Crippen molar-refractivity contribution in [3.8, 4) is 17.2 Å². The second-order valence-electron chi connectivity index (χ2n) is 7.28. The van der Waals surface area contributed by atoms with Crippen LogP contribution in [0.3, 0.4) is 0 Å². The van der Waals surface area contributed by atoms with Crippen molar-refractivity contribution in [1.82, 2.24) is 4.98 Å². The fourth-order valence-electron chi connectivity index (χ4n) is 5.38. The lowest BCUT2D eigenvalue weighted by Crippen LogP contribution is -2.48. The van der Waals surface area contributed by atoms with Gasteiger partial charge in [-0.05, 0) is 24.1 Å². The first-order valence-corrected chi connectivity index (χ1v) is 9.04. The summed E-state index contributed by atoms with van der Waals surface area (Å²) in [5.74, 6) is 0.0363. The van der Waals surface area contributed by atoms with Crippen LogP contribution in [-0.2, 0) is 19.7 Å². The third-order valence-electron chi connectivity index (χ3n) is 6.52. The maximum absolute atomic E-state index is 13.0. The number of pyridine rings is 1. The maximum Gasteiger partial charge on any atom is 0.236 e. The van der Waals surface area contributed by atoms with Crippen molar-refractivity contribution in [1.29, 1.82) is 0 Å². The number of ether oxygens (including phenoxy) is 5. The van der Waals surface area contributed by atoms with Crippen LogP contribution in [0.2, 0.25) is 0 Å². The lowest BCUT2D eigenvalue weighted by molar-refractivity contribution is -0.215. The Morgan fingerprint density at radius 2 is 1.68 bits per heavy atom. The Balaban J connectivity index is 1.93. The molecule has 0 saturated heterocycles. The minimum atomic E-state index is -1.31. The van der Waals surface area contributed by atoms with Gasteiger partial charge in [0, 0.05) is 48.1 Å². The van der Waals surface area contributed by atoms with E-state index in [0.717, 1.165) is 27.6 Å². The zero-order valence-corrected chi connectivity index (χ0v) is 16.4. The highest BCUT2D eigenvalue weighted by Gasteiger charge is 2.75. The van der Waals surface area contributed by atoms with Gasteiger partial charge in [-0.15, -0.1) is 0 Å². The predicted octanol–water partition coefficient (Wildman–Crippen LogP) is 2.49. The molecule has 1 heterocycles. The van der Waals surface area contributed by atoms with Crippen molar-refractivity contribution in [3.05, 3.63) is 29.6 Å². The summed E-state index contributed by atoms with van der Waals surface area (Å²) in [6.07, 6.45) is 4.05. The average Bonchev–Trinajstić information content (AvgIpc) is 3.41. The van der Waals surface area contributed by atoms with Gasteiger partial charge in [-0.2, -0.15) is 0 Å². The van der Waals surface area contributed by atoms with Crippen molar-refractivity contribution in [2.24, 2.45) is 5.92 Å². The fraction of sp³-hybridized carbons (Fsp3) is 0.429. The van der Waals surface area contributed by atoms with Crippen molar-refractivity contribution in [2.75, 3.05) is 35.5 Å². The number of fused-ring (bicyclic) bond motifs is 1. The zero-order chi connectivity index (χ0) is 19.8. The van der Waals surface area contributed by atoms with Gasteiger partial charge in [0.2, 0.25) is 17.3 Å². The van der Waals surface area contributed by atoms with Crippen LogP contribution in [0, 0.1) is 5.92 Å². The number of allylic oxidation sites excluding steroid dienone is 1. The van der Waals surface area contributed by atoms with Crippen LogP contribution in [0.15, 0.2) is 18.3 Å². The van der Waals surface area contributed by atoms with Gasteiger partial charge in [0.1, 0.15) is 0 Å². The number of carbonyl (C=O) groups excluding carboxylic acids is 1. The van der Waals surface area contributed by atoms with Gasteiger partial charge in [0.25, 0.3) is 0 Å². The number of benzene rings is 1. The molecule has 0 radical (unpaired) electrons. The fourth-order valence-corrected chi connectivity index (χ4v) is 5.38. The summed E-state index contributed by atoms with van der Waals surface area (Å²) in [6.45, 7) is 0. The van der Waals surface area contributed by atoms with Crippen LogP contribution >= 0.6 is 0 Å². The van der Waals surface area contributed by atoms with Gasteiger partial charge in [0.15, 0.2) is 11.5 Å². The van der Waals surface area contributed by atoms with E-state index in [4.69, 9.17) is 23.7 Å². The van der Waals surface area contributed by atoms with E-state index < -0.39 is 11.2 Å². The molecule has 1 aromatic heterocycles. The van der Waals surface area contributed by atoms with Crippen LogP contribution < -0.4 is 14.2 Å². The lowest BCUT2D eigenvalue weighted by Gasteiger charge is -2.34. The molecule has 2 unspecified atom stereocenters. The van der Waals surface area contributed by atoms with Crippen LogP contribution in [-0.4, -0.2) is 52.1 Å². The van der Waals surface area contributed by atoms with Crippen LogP contribution in [0.4, 0.5) is 0 Å². The highest BCUT2D eigenvalue weighted by Crippen LogP contribution is 2.75. The normalized spacial score (nSPS) is 25.8. The minimum absolute atomic E-state index is 0.174. The number of hydrogen-bond acceptors (Lipinski definition) is 7. The van der Waals surface area contributed by atoms with Gasteiger partial charge in [-0.1, -0.05) is 0 Å². The number of carbonyl (C=O) groups is 1. The maximum atomic E-state index is 13.0. The second-order valence-corrected chi connectivity index (χ2v) is 7.28. The van der Waals surface area contributed by atoms with Crippen molar-refractivity contribution >= 4 is 22.1 Å². The van der Waals surface area contributed by atoms with E-state index in [-0.39, 0.29) is 11.7 Å². The van der Waals surface area contributed by atoms with Crippen molar-refractivity contribution in [3.63, 3.8) is 0 Å². The highest BCUT2D eigenvalue weighted by atomic mass is 16.7. The molecule has 3 aliphatic carbocycles. The van der Waals surface area contributed by atoms with Gasteiger partial charge >= 0.3 is 0 Å². The van der Waals surface area contributed by atoms with E-state index in [1.165, 1.54) is 14.2 Å². The second kappa shape index (κ2) is 5.46. The smallest absolute Gasteiger partial charge is 0.236 e. The molecule has 2 aromatic rings. The summed E-state index contributed by atoms with van der Waals surface area (Å²) in [6, 6.07) is 1.90. The van der Waals surface area contributed by atoms with Gasteiger partial charge in [0.05, 0.1) is 27.0 Å². The minimum Gasteiger partial charge on any atom is -0.492 e. The van der Waals surface area contributed by atoms with Crippen molar-refractivity contribution < 1.29 is 28.5 Å². The van der Waals surface area contributed by atoms with Gasteiger partial charge in [-0.25, -0.2) is 0 Å². The number of ketones is 1. The van der Waals surface area contributed by atoms with Crippen molar-refractivity contribution in [2.45, 2.75) is 17.6 Å². The van der Waals surface area contributed by atoms with Crippen LogP contribution in [0.5, 0.6) is 17.2 Å². The Labute approximate surface area is 162 Å². The molecule has 0 bridgehead atoms. The number of rotatable bonds is 5. The molecule has 0 aliphatic heterocycles. The first-order chi connectivity index (χ1) is 13.5. The third-order valence-corrected chi connectivity index (χ3v) is 6.52. The van der Waals surface area contributed by atoms with E-state index >= 15 is 0 Å². The standard InChI is InChI=1S/C21H21NO6/c1-24-17-10-6-7-22-16-11-8-13(23)21(27-4,28-5)12-9-20(11,12)15(14(10)16)18(25-2)19(17)26-3/h6-8,12H,9H2,1-5H3. The molecule has 1 fully saturated rings. The molecule has 146 valence electrons. The summed E-state index contributed by atoms with van der Waals surface area (Å²) in [5, 5.41) is 1.81. The first kappa shape index (κ1) is 17.5. The molecule has 1 aromatic carbocycles. The molecule has 3 aliphatic rings. The Bertz CT molecular complexity index is 1070. The number of aromatic nitrogens is 1. The monoisotopic (exact) mass is 383 g/mol. The van der Waals surface area contributed by atoms with E-state index in [1.54, 1.807) is 33.6 Å². The molecule has 0 amide bonds. The van der Waals surface area contributed by atoms with Gasteiger partial charge < -0.3 is 23.7 Å². The Hall–Kier alpha value is -2.64. The van der Waals surface area contributed by atoms with E-state index in [2.05, 4.69) is 4.98 Å². The largest absolute Gasteiger partial charge is 0.492 e. The Morgan fingerprint density at radius 3 is 2.29 bits per heavy atom. The molecule has 2 atom stereocenters. The van der Waals surface area contributed by atoms with E-state index in [1.807, 2.05) is 6.07 Å². The molecule has 5 rings (SSSR count). The summed E-state index contributed by atoms with van der Waals surface area (Å²) in [5.41, 5.74) is 2.18. The number of hydrogen-bond donors (Lipinski definition) is 0. The average molecular weight is 383 g/mol. The summed E-state index contributed by atoms with van der Waals surface area (Å²) < 4.78 is 28.4. The summed E-state index contributed by atoms with van der Waals surface area (Å²) in [7, 11) is 7.82. The Kier molecular flexibility index (Phi) is 3.40.